The van der Waals surface area contributed by atoms with Crippen LogP contribution in [0, 0.1) is 17.2 Å². The smallest absolute Gasteiger partial charge is 0.323 e. The zero-order valence-electron chi connectivity index (χ0n) is 21.0. The first-order chi connectivity index (χ1) is 17.2. The number of nitrogens with zero attached hydrogens (tertiary/aromatic N) is 2. The molecule has 3 fully saturated rings. The maximum Gasteiger partial charge on any atom is 0.323 e. The number of carboxylic acids is 1. The number of carbonyl (C=O) groups excluding carboxylic acids is 3. The van der Waals surface area contributed by atoms with Crippen LogP contribution in [0.4, 0.5) is 4.79 Å². The molecule has 2 aliphatic carbocycles. The van der Waals surface area contributed by atoms with Crippen LogP contribution < -0.4 is 21.7 Å². The molecule has 12 heteroatoms. The molecule has 36 heavy (non-hydrogen) atoms. The molecule has 202 valence electrons. The summed E-state index contributed by atoms with van der Waals surface area (Å²) in [4.78, 5) is 53.0. The van der Waals surface area contributed by atoms with Gasteiger partial charge in [0.2, 0.25) is 11.8 Å². The van der Waals surface area contributed by atoms with E-state index in [1.54, 1.807) is 4.90 Å². The normalized spacial score (nSPS) is 21.2. The highest BCUT2D eigenvalue weighted by atomic mass is 16.4. The topological polar surface area (TPSA) is 181 Å². The summed E-state index contributed by atoms with van der Waals surface area (Å²) < 4.78 is 0. The molecule has 3 rings (SSSR count). The molecular formula is C24H41N7O5. The lowest BCUT2D eigenvalue weighted by atomic mass is 9.89. The minimum Gasteiger partial charge on any atom is -0.480 e. The summed E-state index contributed by atoms with van der Waals surface area (Å²) in [6.45, 7) is 1.72. The second-order valence-electron chi connectivity index (χ2n) is 10.3. The van der Waals surface area contributed by atoms with Crippen molar-refractivity contribution in [2.24, 2.45) is 17.6 Å². The SMILES string of the molecule is N=C(N)N1CCC[C@@H](CNC(=O)C[C@H](NC(=O)NCC2CCCCC2)C(=O)N(CC(=O)O)C2CC2)C1. The van der Waals surface area contributed by atoms with Crippen molar-refractivity contribution in [3.05, 3.63) is 0 Å². The molecule has 0 unspecified atom stereocenters. The van der Waals surface area contributed by atoms with Crippen LogP contribution in [-0.2, 0) is 14.4 Å². The van der Waals surface area contributed by atoms with E-state index >= 15 is 0 Å². The van der Waals surface area contributed by atoms with E-state index in [0.717, 1.165) is 45.1 Å². The molecule has 2 atom stereocenters. The number of urea groups is 1. The molecule has 0 spiro atoms. The molecule has 0 aromatic heterocycles. The van der Waals surface area contributed by atoms with Gasteiger partial charge in [0, 0.05) is 32.2 Å². The van der Waals surface area contributed by atoms with Crippen LogP contribution in [0.15, 0.2) is 0 Å². The largest absolute Gasteiger partial charge is 0.480 e. The molecule has 7 N–H and O–H groups in total. The van der Waals surface area contributed by atoms with Crippen LogP contribution in [0.1, 0.15) is 64.2 Å². The van der Waals surface area contributed by atoms with E-state index in [1.165, 1.54) is 11.3 Å². The van der Waals surface area contributed by atoms with Crippen LogP contribution in [0.25, 0.3) is 0 Å². The lowest BCUT2D eigenvalue weighted by molar-refractivity contribution is -0.146. The number of hydrogen-bond donors (Lipinski definition) is 6. The Morgan fingerprint density at radius 2 is 1.64 bits per heavy atom. The zero-order valence-corrected chi connectivity index (χ0v) is 21.0. The minimum absolute atomic E-state index is 0.0127. The first-order valence-corrected chi connectivity index (χ1v) is 13.1. The standard InChI is InChI=1S/C24H41N7O5/c25-23(26)30-10-4-7-17(14-30)13-27-20(32)11-19(22(35)31(15-21(33)34)18-8-9-18)29-24(36)28-12-16-5-2-1-3-6-16/h16-19H,1-15H2,(H3,25,26)(H,27,32)(H,33,34)(H2,28,29,36)/t17-,19-/m0/s1. The lowest BCUT2D eigenvalue weighted by Gasteiger charge is -2.33. The van der Waals surface area contributed by atoms with Crippen molar-refractivity contribution in [2.75, 3.05) is 32.7 Å². The van der Waals surface area contributed by atoms with E-state index in [2.05, 4.69) is 16.0 Å². The average molecular weight is 508 g/mol. The van der Waals surface area contributed by atoms with Crippen molar-refractivity contribution in [1.29, 1.82) is 5.41 Å². The molecule has 0 bridgehead atoms. The molecule has 0 aromatic rings. The van der Waals surface area contributed by atoms with Crippen molar-refractivity contribution in [3.8, 4) is 0 Å². The number of amides is 4. The summed E-state index contributed by atoms with van der Waals surface area (Å²) >= 11 is 0. The molecule has 3 aliphatic rings. The molecule has 0 aromatic carbocycles. The third-order valence-electron chi connectivity index (χ3n) is 7.29. The van der Waals surface area contributed by atoms with Crippen LogP contribution in [0.5, 0.6) is 0 Å². The highest BCUT2D eigenvalue weighted by molar-refractivity contribution is 5.93. The highest BCUT2D eigenvalue weighted by Gasteiger charge is 2.38. The number of nitrogens with one attached hydrogen (secondary N) is 4. The summed E-state index contributed by atoms with van der Waals surface area (Å²) in [5, 5.41) is 25.2. The summed E-state index contributed by atoms with van der Waals surface area (Å²) in [7, 11) is 0. The Morgan fingerprint density at radius 1 is 0.972 bits per heavy atom. The number of hydrogen-bond acceptors (Lipinski definition) is 5. The fourth-order valence-electron chi connectivity index (χ4n) is 5.12. The Kier molecular flexibility index (Phi) is 10.2. The number of rotatable bonds is 11. The van der Waals surface area contributed by atoms with Gasteiger partial charge in [-0.2, -0.15) is 0 Å². The Bertz CT molecular complexity index is 813. The Balaban J connectivity index is 1.57. The first-order valence-electron chi connectivity index (χ1n) is 13.1. The Labute approximate surface area is 212 Å². The number of piperidine rings is 1. The number of carboxylic acid groups (broad SMARTS) is 1. The van der Waals surface area contributed by atoms with Crippen molar-refractivity contribution < 1.29 is 24.3 Å². The number of nitrogens with two attached hydrogens (primary N) is 1. The molecule has 4 amide bonds. The van der Waals surface area contributed by atoms with Gasteiger partial charge in [0.15, 0.2) is 5.96 Å². The van der Waals surface area contributed by atoms with E-state index in [-0.39, 0.29) is 24.3 Å². The molecular weight excluding hydrogens is 466 g/mol. The summed E-state index contributed by atoms with van der Waals surface area (Å²) in [6.07, 6.45) is 8.52. The van der Waals surface area contributed by atoms with Crippen molar-refractivity contribution in [2.45, 2.75) is 76.3 Å². The van der Waals surface area contributed by atoms with Gasteiger partial charge in [0.05, 0.1) is 6.42 Å². The maximum atomic E-state index is 13.3. The van der Waals surface area contributed by atoms with Crippen molar-refractivity contribution in [3.63, 3.8) is 0 Å². The summed E-state index contributed by atoms with van der Waals surface area (Å²) in [6, 6.07) is -1.86. The van der Waals surface area contributed by atoms with E-state index in [4.69, 9.17) is 11.1 Å². The third-order valence-corrected chi connectivity index (χ3v) is 7.29. The molecule has 0 radical (unpaired) electrons. The average Bonchev–Trinajstić information content (AvgIpc) is 3.70. The van der Waals surface area contributed by atoms with Gasteiger partial charge >= 0.3 is 12.0 Å². The summed E-state index contributed by atoms with van der Waals surface area (Å²) in [5.41, 5.74) is 5.59. The van der Waals surface area contributed by atoms with Gasteiger partial charge in [-0.3, -0.25) is 19.8 Å². The van der Waals surface area contributed by atoms with Crippen LogP contribution >= 0.6 is 0 Å². The molecule has 1 aliphatic heterocycles. The third kappa shape index (κ3) is 8.87. The lowest BCUT2D eigenvalue weighted by Crippen LogP contribution is -2.55. The van der Waals surface area contributed by atoms with E-state index in [9.17, 15) is 24.3 Å². The quantitative estimate of drug-likeness (QED) is 0.173. The predicted molar refractivity (Wildman–Crippen MR) is 133 cm³/mol. The van der Waals surface area contributed by atoms with Gasteiger partial charge < -0.3 is 36.6 Å². The summed E-state index contributed by atoms with van der Waals surface area (Å²) in [5.74, 6) is -1.54. The second-order valence-corrected chi connectivity index (χ2v) is 10.3. The fourth-order valence-corrected chi connectivity index (χ4v) is 5.12. The van der Waals surface area contributed by atoms with Gasteiger partial charge in [0.1, 0.15) is 12.6 Å². The Morgan fingerprint density at radius 3 is 2.28 bits per heavy atom. The van der Waals surface area contributed by atoms with Crippen LogP contribution in [0.3, 0.4) is 0 Å². The fraction of sp³-hybridized carbons (Fsp3) is 0.792. The van der Waals surface area contributed by atoms with Gasteiger partial charge in [0.25, 0.3) is 0 Å². The van der Waals surface area contributed by atoms with E-state index in [1.807, 2.05) is 0 Å². The van der Waals surface area contributed by atoms with Crippen molar-refractivity contribution >= 4 is 29.8 Å². The van der Waals surface area contributed by atoms with Gasteiger partial charge in [-0.05, 0) is 50.4 Å². The number of guanidine groups is 1. The molecule has 12 nitrogen and oxygen atoms in total. The maximum absolute atomic E-state index is 13.3. The zero-order chi connectivity index (χ0) is 26.1. The second kappa shape index (κ2) is 13.3. The number of carbonyl (C=O) groups is 4. The van der Waals surface area contributed by atoms with E-state index in [0.29, 0.717) is 38.4 Å². The predicted octanol–water partition coefficient (Wildman–Crippen LogP) is 0.422. The molecule has 1 saturated heterocycles. The monoisotopic (exact) mass is 507 g/mol. The molecule has 1 heterocycles. The highest BCUT2D eigenvalue weighted by Crippen LogP contribution is 2.27. The van der Waals surface area contributed by atoms with Gasteiger partial charge in [-0.1, -0.05) is 19.3 Å². The van der Waals surface area contributed by atoms with Crippen molar-refractivity contribution in [1.82, 2.24) is 25.8 Å². The number of likely N-dealkylation sites (tertiary alicyclic amines) is 1. The Hall–Kier alpha value is -3.05. The minimum atomic E-state index is -1.16. The van der Waals surface area contributed by atoms with E-state index < -0.39 is 36.4 Å². The van der Waals surface area contributed by atoms with Gasteiger partial charge in [-0.25, -0.2) is 4.79 Å². The van der Waals surface area contributed by atoms with Crippen LogP contribution in [-0.4, -0.2) is 89.5 Å². The first kappa shape index (κ1) is 27.5. The number of aliphatic carboxylic acids is 1. The van der Waals surface area contributed by atoms with Gasteiger partial charge in [-0.15, -0.1) is 0 Å². The van der Waals surface area contributed by atoms with Crippen LogP contribution in [0.2, 0.25) is 0 Å². The molecule has 2 saturated carbocycles.